The van der Waals surface area contributed by atoms with E-state index in [0.717, 1.165) is 25.3 Å². The summed E-state index contributed by atoms with van der Waals surface area (Å²) in [5.41, 5.74) is 1.22. The molecule has 96 valence electrons. The van der Waals surface area contributed by atoms with Crippen LogP contribution >= 0.6 is 0 Å². The molecule has 0 bridgehead atoms. The van der Waals surface area contributed by atoms with E-state index >= 15 is 0 Å². The zero-order valence-electron chi connectivity index (χ0n) is 10.6. The van der Waals surface area contributed by atoms with E-state index in [4.69, 9.17) is 9.26 Å². The lowest BCUT2D eigenvalue weighted by Crippen LogP contribution is -2.16. The molecule has 0 spiro atoms. The highest BCUT2D eigenvalue weighted by atomic mass is 16.5. The molecule has 1 aromatic carbocycles. The molecule has 0 fully saturated rings. The lowest BCUT2D eigenvalue weighted by molar-refractivity contribution is 0.372. The summed E-state index contributed by atoms with van der Waals surface area (Å²) < 4.78 is 10.1. The Morgan fingerprint density at radius 2 is 2.06 bits per heavy atom. The van der Waals surface area contributed by atoms with E-state index in [1.165, 1.54) is 5.56 Å². The second-order valence-corrected chi connectivity index (χ2v) is 4.01. The zero-order chi connectivity index (χ0) is 12.8. The molecule has 5 heteroatoms. The third kappa shape index (κ3) is 3.56. The number of nitrogens with zero attached hydrogens (tertiary/aromatic N) is 2. The molecule has 0 amide bonds. The Bertz CT molecular complexity index is 479. The van der Waals surface area contributed by atoms with Gasteiger partial charge in [0.25, 0.3) is 0 Å². The Hall–Kier alpha value is -1.88. The number of rotatable bonds is 6. The van der Waals surface area contributed by atoms with Gasteiger partial charge in [0.05, 0.1) is 7.11 Å². The average Bonchev–Trinajstić information content (AvgIpc) is 2.81. The Labute approximate surface area is 106 Å². The van der Waals surface area contributed by atoms with Gasteiger partial charge >= 0.3 is 0 Å². The summed E-state index contributed by atoms with van der Waals surface area (Å²) in [5.74, 6) is 2.23. The SMILES string of the molecule is COc1ccc(CNCCc2nc(C)no2)cc1. The number of methoxy groups -OCH3 is 1. The maximum absolute atomic E-state index is 5.11. The molecule has 0 atom stereocenters. The van der Waals surface area contributed by atoms with Crippen molar-refractivity contribution in [1.82, 2.24) is 15.5 Å². The highest BCUT2D eigenvalue weighted by molar-refractivity contribution is 5.26. The number of nitrogens with one attached hydrogen (secondary N) is 1. The number of ether oxygens (including phenoxy) is 1. The van der Waals surface area contributed by atoms with Crippen LogP contribution in [0.5, 0.6) is 5.75 Å². The molecular weight excluding hydrogens is 230 g/mol. The van der Waals surface area contributed by atoms with Gasteiger partial charge in [0.1, 0.15) is 5.75 Å². The summed E-state index contributed by atoms with van der Waals surface area (Å²) in [7, 11) is 1.67. The molecule has 0 aliphatic carbocycles. The third-order valence-corrected chi connectivity index (χ3v) is 2.57. The van der Waals surface area contributed by atoms with Crippen LogP contribution in [0.25, 0.3) is 0 Å². The first-order valence-electron chi connectivity index (χ1n) is 5.91. The van der Waals surface area contributed by atoms with Gasteiger partial charge < -0.3 is 14.6 Å². The normalized spacial score (nSPS) is 10.6. The number of hydrogen-bond acceptors (Lipinski definition) is 5. The fraction of sp³-hybridized carbons (Fsp3) is 0.385. The van der Waals surface area contributed by atoms with E-state index in [0.29, 0.717) is 11.7 Å². The minimum absolute atomic E-state index is 0.676. The van der Waals surface area contributed by atoms with Crippen LogP contribution in [-0.2, 0) is 13.0 Å². The van der Waals surface area contributed by atoms with E-state index in [9.17, 15) is 0 Å². The van der Waals surface area contributed by atoms with E-state index in [2.05, 4.69) is 15.5 Å². The van der Waals surface area contributed by atoms with Crippen molar-refractivity contribution >= 4 is 0 Å². The van der Waals surface area contributed by atoms with Gasteiger partial charge in [0.2, 0.25) is 5.89 Å². The van der Waals surface area contributed by atoms with E-state index in [1.807, 2.05) is 31.2 Å². The van der Waals surface area contributed by atoms with E-state index in [-0.39, 0.29) is 0 Å². The predicted octanol–water partition coefficient (Wildman–Crippen LogP) is 1.72. The summed E-state index contributed by atoms with van der Waals surface area (Å²) in [4.78, 5) is 4.14. The van der Waals surface area contributed by atoms with Gasteiger partial charge in [0, 0.05) is 19.5 Å². The van der Waals surface area contributed by atoms with Crippen LogP contribution in [0, 0.1) is 6.92 Å². The van der Waals surface area contributed by atoms with Crippen molar-refractivity contribution in [2.24, 2.45) is 0 Å². The lowest BCUT2D eigenvalue weighted by Gasteiger charge is -2.04. The fourth-order valence-electron chi connectivity index (χ4n) is 1.61. The van der Waals surface area contributed by atoms with E-state index in [1.54, 1.807) is 7.11 Å². The molecule has 0 saturated heterocycles. The van der Waals surface area contributed by atoms with Crippen molar-refractivity contribution in [3.63, 3.8) is 0 Å². The smallest absolute Gasteiger partial charge is 0.227 e. The maximum atomic E-state index is 5.11. The van der Waals surface area contributed by atoms with Gasteiger partial charge in [-0.05, 0) is 24.6 Å². The van der Waals surface area contributed by atoms with Crippen LogP contribution in [0.3, 0.4) is 0 Å². The quantitative estimate of drug-likeness (QED) is 0.787. The van der Waals surface area contributed by atoms with E-state index < -0.39 is 0 Å². The third-order valence-electron chi connectivity index (χ3n) is 2.57. The standard InChI is InChI=1S/C13H17N3O2/c1-10-15-13(18-16-10)7-8-14-9-11-3-5-12(17-2)6-4-11/h3-6,14H,7-9H2,1-2H3. The minimum atomic E-state index is 0.676. The second kappa shape index (κ2) is 6.16. The second-order valence-electron chi connectivity index (χ2n) is 4.01. The van der Waals surface area contributed by atoms with Crippen molar-refractivity contribution in [3.05, 3.63) is 41.5 Å². The van der Waals surface area contributed by atoms with Gasteiger partial charge in [0.15, 0.2) is 5.82 Å². The van der Waals surface area contributed by atoms with Crippen molar-refractivity contribution in [2.75, 3.05) is 13.7 Å². The molecule has 0 aliphatic rings. The predicted molar refractivity (Wildman–Crippen MR) is 67.4 cm³/mol. The molecule has 2 rings (SSSR count). The van der Waals surface area contributed by atoms with Gasteiger partial charge in [-0.1, -0.05) is 17.3 Å². The first kappa shape index (κ1) is 12.6. The number of aryl methyl sites for hydroxylation is 1. The Morgan fingerprint density at radius 3 is 2.67 bits per heavy atom. The van der Waals surface area contributed by atoms with Crippen LogP contribution in [0.2, 0.25) is 0 Å². The molecule has 5 nitrogen and oxygen atoms in total. The molecule has 0 radical (unpaired) electrons. The average molecular weight is 247 g/mol. The van der Waals surface area contributed by atoms with Gasteiger partial charge in [-0.3, -0.25) is 0 Å². The Morgan fingerprint density at radius 1 is 1.28 bits per heavy atom. The topological polar surface area (TPSA) is 60.2 Å². The first-order valence-corrected chi connectivity index (χ1v) is 5.91. The van der Waals surface area contributed by atoms with Gasteiger partial charge in [-0.2, -0.15) is 4.98 Å². The number of benzene rings is 1. The van der Waals surface area contributed by atoms with Crippen LogP contribution in [0.4, 0.5) is 0 Å². The number of aromatic nitrogens is 2. The Kier molecular flexibility index (Phi) is 4.30. The molecule has 1 N–H and O–H groups in total. The molecule has 0 unspecified atom stereocenters. The van der Waals surface area contributed by atoms with Crippen molar-refractivity contribution in [3.8, 4) is 5.75 Å². The minimum Gasteiger partial charge on any atom is -0.497 e. The van der Waals surface area contributed by atoms with Crippen molar-refractivity contribution in [1.29, 1.82) is 0 Å². The van der Waals surface area contributed by atoms with Crippen LogP contribution < -0.4 is 10.1 Å². The highest BCUT2D eigenvalue weighted by Crippen LogP contribution is 2.10. The molecule has 1 heterocycles. The summed E-state index contributed by atoms with van der Waals surface area (Å²) >= 11 is 0. The molecule has 0 aliphatic heterocycles. The largest absolute Gasteiger partial charge is 0.497 e. The van der Waals surface area contributed by atoms with Crippen LogP contribution in [-0.4, -0.2) is 23.8 Å². The summed E-state index contributed by atoms with van der Waals surface area (Å²) in [6.07, 6.45) is 0.747. The fourth-order valence-corrected chi connectivity index (χ4v) is 1.61. The molecule has 18 heavy (non-hydrogen) atoms. The number of hydrogen-bond donors (Lipinski definition) is 1. The molecule has 2 aromatic rings. The summed E-state index contributed by atoms with van der Waals surface area (Å²) in [5, 5.41) is 7.07. The van der Waals surface area contributed by atoms with Gasteiger partial charge in [-0.25, -0.2) is 0 Å². The lowest BCUT2D eigenvalue weighted by atomic mass is 10.2. The highest BCUT2D eigenvalue weighted by Gasteiger charge is 2.01. The molecule has 1 aromatic heterocycles. The maximum Gasteiger partial charge on any atom is 0.227 e. The van der Waals surface area contributed by atoms with Crippen molar-refractivity contribution in [2.45, 2.75) is 19.9 Å². The first-order chi connectivity index (χ1) is 8.78. The monoisotopic (exact) mass is 247 g/mol. The zero-order valence-corrected chi connectivity index (χ0v) is 10.6. The van der Waals surface area contributed by atoms with Crippen molar-refractivity contribution < 1.29 is 9.26 Å². The summed E-state index contributed by atoms with van der Waals surface area (Å²) in [6.45, 7) is 3.45. The van der Waals surface area contributed by atoms with Crippen LogP contribution in [0.15, 0.2) is 28.8 Å². The molecular formula is C13H17N3O2. The van der Waals surface area contributed by atoms with Crippen LogP contribution in [0.1, 0.15) is 17.3 Å². The molecule has 0 saturated carbocycles. The van der Waals surface area contributed by atoms with Gasteiger partial charge in [-0.15, -0.1) is 0 Å². The summed E-state index contributed by atoms with van der Waals surface area (Å²) in [6, 6.07) is 8.00. The Balaban J connectivity index is 1.71.